The third kappa shape index (κ3) is 7.21. The van der Waals surface area contributed by atoms with Gasteiger partial charge in [-0.25, -0.2) is 0 Å². The van der Waals surface area contributed by atoms with Crippen molar-refractivity contribution in [2.45, 2.75) is 103 Å². The van der Waals surface area contributed by atoms with Gasteiger partial charge in [0, 0.05) is 12.8 Å². The van der Waals surface area contributed by atoms with Crippen LogP contribution in [0.25, 0.3) is 0 Å². The van der Waals surface area contributed by atoms with Gasteiger partial charge in [-0.1, -0.05) is 75.1 Å². The standard InChI is InChI=1S/C31H46O5/c1-5-7-9-11-27(32)28(12-10-8-6-2)36-29(33)20-25-23-17-18-24(25)30(31(34)35-4)26(19-23)22-15-13-21(3)14-16-22/h8,10,13-16,23-28,30,32H,5-7,9,11-12,17-20H2,1-4H3/b10-8-/t23?,24?,25?,26?,27-,28-,30?/m0/s1. The second-order valence-electron chi connectivity index (χ2n) is 10.9. The Morgan fingerprint density at radius 2 is 1.86 bits per heavy atom. The van der Waals surface area contributed by atoms with Crippen molar-refractivity contribution in [2.24, 2.45) is 23.7 Å². The molecule has 0 radical (unpaired) electrons. The summed E-state index contributed by atoms with van der Waals surface area (Å²) in [5, 5.41) is 10.8. The third-order valence-corrected chi connectivity index (χ3v) is 8.45. The molecular weight excluding hydrogens is 452 g/mol. The molecule has 2 aliphatic carbocycles. The number of methoxy groups -OCH3 is 1. The number of benzene rings is 1. The first kappa shape index (κ1) is 28.4. The van der Waals surface area contributed by atoms with Gasteiger partial charge in [0.1, 0.15) is 6.10 Å². The van der Waals surface area contributed by atoms with E-state index in [2.05, 4.69) is 45.0 Å². The first-order valence-corrected chi connectivity index (χ1v) is 14.1. The molecule has 5 unspecified atom stereocenters. The van der Waals surface area contributed by atoms with Crippen LogP contribution in [0, 0.1) is 30.6 Å². The molecule has 0 heterocycles. The van der Waals surface area contributed by atoms with E-state index in [-0.39, 0.29) is 35.6 Å². The molecule has 5 heteroatoms. The molecular formula is C31H46O5. The highest BCUT2D eigenvalue weighted by Gasteiger charge is 2.52. The smallest absolute Gasteiger partial charge is 0.309 e. The van der Waals surface area contributed by atoms with Crippen molar-refractivity contribution < 1.29 is 24.2 Å². The lowest BCUT2D eigenvalue weighted by Gasteiger charge is -2.40. The van der Waals surface area contributed by atoms with Crippen molar-refractivity contribution in [3.05, 3.63) is 47.5 Å². The van der Waals surface area contributed by atoms with E-state index in [1.807, 2.05) is 12.2 Å². The number of aliphatic hydroxyl groups is 1. The van der Waals surface area contributed by atoms with Gasteiger partial charge in [0.05, 0.1) is 19.1 Å². The van der Waals surface area contributed by atoms with Gasteiger partial charge in [0.25, 0.3) is 0 Å². The number of fused-ring (bicyclic) bond motifs is 2. The minimum absolute atomic E-state index is 0.114. The number of hydrogen-bond donors (Lipinski definition) is 1. The minimum atomic E-state index is -0.654. The average molecular weight is 499 g/mol. The van der Waals surface area contributed by atoms with Gasteiger partial charge in [-0.05, 0) is 68.3 Å². The summed E-state index contributed by atoms with van der Waals surface area (Å²) in [4.78, 5) is 26.2. The summed E-state index contributed by atoms with van der Waals surface area (Å²) in [6.07, 6.45) is 11.2. The molecule has 2 aliphatic rings. The highest BCUT2D eigenvalue weighted by atomic mass is 16.6. The van der Waals surface area contributed by atoms with Gasteiger partial charge in [-0.3, -0.25) is 9.59 Å². The number of unbranched alkanes of at least 4 members (excludes halogenated alkanes) is 2. The zero-order chi connectivity index (χ0) is 26.1. The molecule has 200 valence electrons. The molecule has 0 saturated heterocycles. The first-order chi connectivity index (χ1) is 17.4. The van der Waals surface area contributed by atoms with Crippen molar-refractivity contribution >= 4 is 11.9 Å². The topological polar surface area (TPSA) is 72.8 Å². The van der Waals surface area contributed by atoms with Crippen LogP contribution in [0.5, 0.6) is 0 Å². The average Bonchev–Trinajstić information content (AvgIpc) is 3.13. The van der Waals surface area contributed by atoms with Crippen LogP contribution < -0.4 is 0 Å². The van der Waals surface area contributed by atoms with Gasteiger partial charge in [0.15, 0.2) is 0 Å². The highest BCUT2D eigenvalue weighted by molar-refractivity contribution is 5.75. The van der Waals surface area contributed by atoms with E-state index >= 15 is 0 Å². The lowest BCUT2D eigenvalue weighted by atomic mass is 9.63. The summed E-state index contributed by atoms with van der Waals surface area (Å²) in [6.45, 7) is 6.27. The maximum Gasteiger partial charge on any atom is 0.309 e. The lowest BCUT2D eigenvalue weighted by molar-refractivity contribution is -0.160. The first-order valence-electron chi connectivity index (χ1n) is 14.1. The number of aliphatic hydroxyl groups excluding tert-OH is 1. The van der Waals surface area contributed by atoms with Crippen molar-refractivity contribution in [1.29, 1.82) is 0 Å². The van der Waals surface area contributed by atoms with E-state index in [4.69, 9.17) is 9.47 Å². The quantitative estimate of drug-likeness (QED) is 0.191. The molecule has 7 atom stereocenters. The van der Waals surface area contributed by atoms with Gasteiger partial charge >= 0.3 is 11.9 Å². The second-order valence-corrected chi connectivity index (χ2v) is 10.9. The molecule has 1 aromatic carbocycles. The van der Waals surface area contributed by atoms with Crippen LogP contribution in [-0.2, 0) is 19.1 Å². The molecule has 0 spiro atoms. The maximum absolute atomic E-state index is 13.2. The van der Waals surface area contributed by atoms with Gasteiger partial charge in [0.2, 0.25) is 0 Å². The van der Waals surface area contributed by atoms with Crippen LogP contribution >= 0.6 is 0 Å². The highest BCUT2D eigenvalue weighted by Crippen LogP contribution is 2.56. The summed E-state index contributed by atoms with van der Waals surface area (Å²) in [5.41, 5.74) is 2.39. The third-order valence-electron chi connectivity index (χ3n) is 8.45. The van der Waals surface area contributed by atoms with Gasteiger partial charge in [-0.2, -0.15) is 0 Å². The Bertz CT molecular complexity index is 860. The van der Waals surface area contributed by atoms with Crippen molar-refractivity contribution in [2.75, 3.05) is 7.11 Å². The number of carbonyl (C=O) groups excluding carboxylic acids is 2. The molecule has 0 aliphatic heterocycles. The zero-order valence-electron chi connectivity index (χ0n) is 22.7. The van der Waals surface area contributed by atoms with Crippen LogP contribution in [0.15, 0.2) is 36.4 Å². The number of allylic oxidation sites excluding steroid dienone is 1. The van der Waals surface area contributed by atoms with Crippen LogP contribution in [0.1, 0.15) is 95.1 Å². The lowest BCUT2D eigenvalue weighted by Crippen LogP contribution is -2.40. The van der Waals surface area contributed by atoms with E-state index in [0.717, 1.165) is 44.9 Å². The minimum Gasteiger partial charge on any atom is -0.469 e. The zero-order valence-corrected chi connectivity index (χ0v) is 22.7. The SMILES string of the molecule is CC/C=C\C[C@H](OC(=O)CC1C2CCC1C(C(=O)OC)C(c1ccc(C)cc1)C2)[C@@H](O)CCCCC. The van der Waals surface area contributed by atoms with Crippen LogP contribution in [0.2, 0.25) is 0 Å². The number of esters is 2. The number of ether oxygens (including phenoxy) is 2. The van der Waals surface area contributed by atoms with Crippen molar-refractivity contribution in [3.8, 4) is 0 Å². The van der Waals surface area contributed by atoms with Crippen LogP contribution in [0.4, 0.5) is 0 Å². The summed E-state index contributed by atoms with van der Waals surface area (Å²) in [5.74, 6) is 0.0854. The Morgan fingerprint density at radius 3 is 2.53 bits per heavy atom. The number of rotatable bonds is 13. The molecule has 0 amide bonds. The fourth-order valence-corrected chi connectivity index (χ4v) is 6.52. The predicted octanol–water partition coefficient (Wildman–Crippen LogP) is 6.51. The summed E-state index contributed by atoms with van der Waals surface area (Å²) in [6, 6.07) is 8.48. The van der Waals surface area contributed by atoms with Crippen molar-refractivity contribution in [1.82, 2.24) is 0 Å². The fraction of sp³-hybridized carbons (Fsp3) is 0.677. The molecule has 36 heavy (non-hydrogen) atoms. The van der Waals surface area contributed by atoms with E-state index < -0.39 is 12.2 Å². The molecule has 3 rings (SSSR count). The second kappa shape index (κ2) is 14.0. The van der Waals surface area contributed by atoms with Crippen molar-refractivity contribution in [3.63, 3.8) is 0 Å². The van der Waals surface area contributed by atoms with Gasteiger partial charge < -0.3 is 14.6 Å². The number of aryl methyl sites for hydroxylation is 1. The van der Waals surface area contributed by atoms with Crippen LogP contribution in [-0.4, -0.2) is 36.4 Å². The number of carbonyl (C=O) groups is 2. The maximum atomic E-state index is 13.2. The number of hydrogen-bond acceptors (Lipinski definition) is 5. The summed E-state index contributed by atoms with van der Waals surface area (Å²) < 4.78 is 11.2. The molecule has 2 saturated carbocycles. The Kier molecular flexibility index (Phi) is 11.0. The van der Waals surface area contributed by atoms with E-state index in [1.165, 1.54) is 18.2 Å². The largest absolute Gasteiger partial charge is 0.469 e. The monoisotopic (exact) mass is 498 g/mol. The Morgan fingerprint density at radius 1 is 1.11 bits per heavy atom. The molecule has 1 N–H and O–H groups in total. The normalized spacial score (nSPS) is 27.1. The Balaban J connectivity index is 1.71. The predicted molar refractivity (Wildman–Crippen MR) is 142 cm³/mol. The van der Waals surface area contributed by atoms with Crippen LogP contribution in [0.3, 0.4) is 0 Å². The molecule has 2 bridgehead atoms. The fourth-order valence-electron chi connectivity index (χ4n) is 6.52. The summed E-state index contributed by atoms with van der Waals surface area (Å²) >= 11 is 0. The molecule has 5 nitrogen and oxygen atoms in total. The molecule has 1 aromatic rings. The molecule has 0 aromatic heterocycles. The van der Waals surface area contributed by atoms with E-state index in [1.54, 1.807) is 0 Å². The molecule has 2 fully saturated rings. The van der Waals surface area contributed by atoms with E-state index in [9.17, 15) is 14.7 Å². The Labute approximate surface area is 217 Å². The van der Waals surface area contributed by atoms with E-state index in [0.29, 0.717) is 25.2 Å². The van der Waals surface area contributed by atoms with Gasteiger partial charge in [-0.15, -0.1) is 0 Å². The summed E-state index contributed by atoms with van der Waals surface area (Å²) in [7, 11) is 1.47. The Hall–Kier alpha value is -2.14.